The zero-order valence-corrected chi connectivity index (χ0v) is 12.5. The molecule has 0 saturated carbocycles. The number of fused-ring (bicyclic) bond motifs is 1. The fourth-order valence-electron chi connectivity index (χ4n) is 3.05. The molecular formula is C15H17N5S. The summed E-state index contributed by atoms with van der Waals surface area (Å²) in [6, 6.07) is 4.47. The molecule has 4 heterocycles. The summed E-state index contributed by atoms with van der Waals surface area (Å²) in [5.74, 6) is 0. The Bertz CT molecular complexity index is 721. The van der Waals surface area contributed by atoms with Gasteiger partial charge in [-0.2, -0.15) is 5.10 Å². The van der Waals surface area contributed by atoms with E-state index < -0.39 is 0 Å². The molecule has 0 bridgehead atoms. The Labute approximate surface area is 127 Å². The minimum absolute atomic E-state index is 0.403. The van der Waals surface area contributed by atoms with Gasteiger partial charge in [0.15, 0.2) is 5.65 Å². The summed E-state index contributed by atoms with van der Waals surface area (Å²) < 4.78 is 1.82. The third kappa shape index (κ3) is 2.56. The summed E-state index contributed by atoms with van der Waals surface area (Å²) >= 11 is 1.73. The Morgan fingerprint density at radius 1 is 1.29 bits per heavy atom. The molecule has 0 spiro atoms. The molecule has 0 radical (unpaired) electrons. The van der Waals surface area contributed by atoms with Crippen molar-refractivity contribution in [2.24, 2.45) is 0 Å². The van der Waals surface area contributed by atoms with Gasteiger partial charge >= 0.3 is 0 Å². The van der Waals surface area contributed by atoms with Gasteiger partial charge in [0.25, 0.3) is 0 Å². The highest BCUT2D eigenvalue weighted by atomic mass is 32.1. The van der Waals surface area contributed by atoms with Crippen molar-refractivity contribution in [2.45, 2.75) is 31.8 Å². The molecule has 0 amide bonds. The third-order valence-corrected chi connectivity index (χ3v) is 4.84. The fourth-order valence-corrected chi connectivity index (χ4v) is 3.67. The van der Waals surface area contributed by atoms with E-state index in [0.29, 0.717) is 6.04 Å². The molecule has 5 nitrogen and oxygen atoms in total. The molecule has 0 N–H and O–H groups in total. The summed E-state index contributed by atoms with van der Waals surface area (Å²) in [6.07, 6.45) is 9.50. The van der Waals surface area contributed by atoms with Gasteiger partial charge in [0.1, 0.15) is 0 Å². The largest absolute Gasteiger partial charge is 0.290 e. The van der Waals surface area contributed by atoms with E-state index in [1.807, 2.05) is 28.5 Å². The van der Waals surface area contributed by atoms with Gasteiger partial charge in [-0.25, -0.2) is 9.50 Å². The first kappa shape index (κ1) is 12.9. The van der Waals surface area contributed by atoms with Gasteiger partial charge in [-0.05, 0) is 25.5 Å². The minimum atomic E-state index is 0.403. The summed E-state index contributed by atoms with van der Waals surface area (Å²) in [6.45, 7) is 2.11. The lowest BCUT2D eigenvalue weighted by Crippen LogP contribution is -2.33. The van der Waals surface area contributed by atoms with Gasteiger partial charge in [0, 0.05) is 29.9 Å². The predicted octanol–water partition coefficient (Wildman–Crippen LogP) is 2.91. The van der Waals surface area contributed by atoms with Gasteiger partial charge in [-0.3, -0.25) is 9.88 Å². The van der Waals surface area contributed by atoms with E-state index in [4.69, 9.17) is 4.98 Å². The SMILES string of the molecule is c1cc2nc([C@H]3CCCCN3Cc3cncs3)ccn2n1. The van der Waals surface area contributed by atoms with Crippen molar-refractivity contribution in [3.8, 4) is 0 Å². The molecule has 3 aromatic heterocycles. The number of aromatic nitrogens is 4. The minimum Gasteiger partial charge on any atom is -0.290 e. The first-order valence-corrected chi connectivity index (χ1v) is 8.20. The molecular weight excluding hydrogens is 282 g/mol. The molecule has 1 aliphatic heterocycles. The summed E-state index contributed by atoms with van der Waals surface area (Å²) in [5.41, 5.74) is 3.99. The maximum absolute atomic E-state index is 4.78. The van der Waals surface area contributed by atoms with Crippen molar-refractivity contribution >= 4 is 17.0 Å². The zero-order valence-electron chi connectivity index (χ0n) is 11.7. The van der Waals surface area contributed by atoms with Crippen molar-refractivity contribution < 1.29 is 0 Å². The highest BCUT2D eigenvalue weighted by Gasteiger charge is 2.25. The lowest BCUT2D eigenvalue weighted by Gasteiger charge is -2.34. The van der Waals surface area contributed by atoms with Gasteiger partial charge in [0.2, 0.25) is 0 Å². The Balaban J connectivity index is 1.63. The number of hydrogen-bond acceptors (Lipinski definition) is 5. The first-order chi connectivity index (χ1) is 10.4. The van der Waals surface area contributed by atoms with Crippen LogP contribution >= 0.6 is 11.3 Å². The van der Waals surface area contributed by atoms with Crippen LogP contribution in [0.1, 0.15) is 35.9 Å². The number of piperidine rings is 1. The smallest absolute Gasteiger partial charge is 0.155 e. The van der Waals surface area contributed by atoms with E-state index in [9.17, 15) is 0 Å². The van der Waals surface area contributed by atoms with Crippen LogP contribution in [0.15, 0.2) is 36.2 Å². The monoisotopic (exact) mass is 299 g/mol. The normalized spacial score (nSPS) is 20.1. The third-order valence-electron chi connectivity index (χ3n) is 4.08. The van der Waals surface area contributed by atoms with E-state index in [1.54, 1.807) is 17.5 Å². The Morgan fingerprint density at radius 2 is 2.29 bits per heavy atom. The van der Waals surface area contributed by atoms with Crippen molar-refractivity contribution in [1.82, 2.24) is 24.5 Å². The standard InChI is InChI=1S/C15H17N5S/c1-2-7-19(10-12-9-16-11-21-12)14(3-1)13-5-8-20-15(18-13)4-6-17-20/h4-6,8-9,11,14H,1-3,7,10H2/t14-/m1/s1. The van der Waals surface area contributed by atoms with Crippen LogP contribution in [0, 0.1) is 0 Å². The lowest BCUT2D eigenvalue weighted by atomic mass is 9.99. The highest BCUT2D eigenvalue weighted by Crippen LogP contribution is 2.31. The fraction of sp³-hybridized carbons (Fsp3) is 0.400. The molecule has 108 valence electrons. The van der Waals surface area contributed by atoms with E-state index >= 15 is 0 Å². The van der Waals surface area contributed by atoms with Gasteiger partial charge < -0.3 is 0 Å². The van der Waals surface area contributed by atoms with Crippen LogP contribution < -0.4 is 0 Å². The topological polar surface area (TPSA) is 46.3 Å². The number of likely N-dealkylation sites (tertiary alicyclic amines) is 1. The Hall–Kier alpha value is -1.79. The van der Waals surface area contributed by atoms with Crippen LogP contribution in [0.25, 0.3) is 5.65 Å². The Morgan fingerprint density at radius 3 is 3.19 bits per heavy atom. The summed E-state index contributed by atoms with van der Waals surface area (Å²) in [7, 11) is 0. The molecule has 0 aliphatic carbocycles. The molecule has 1 saturated heterocycles. The first-order valence-electron chi connectivity index (χ1n) is 7.32. The van der Waals surface area contributed by atoms with Crippen LogP contribution in [0.4, 0.5) is 0 Å². The molecule has 6 heteroatoms. The number of hydrogen-bond donors (Lipinski definition) is 0. The van der Waals surface area contributed by atoms with E-state index in [-0.39, 0.29) is 0 Å². The molecule has 1 aliphatic rings. The van der Waals surface area contributed by atoms with Crippen LogP contribution in [0.3, 0.4) is 0 Å². The molecule has 1 atom stereocenters. The van der Waals surface area contributed by atoms with E-state index in [2.05, 4.69) is 21.0 Å². The van der Waals surface area contributed by atoms with Crippen molar-refractivity contribution in [3.05, 3.63) is 46.8 Å². The summed E-state index contributed by atoms with van der Waals surface area (Å²) in [5, 5.41) is 4.22. The molecule has 21 heavy (non-hydrogen) atoms. The van der Waals surface area contributed by atoms with Crippen LogP contribution in [0.2, 0.25) is 0 Å². The van der Waals surface area contributed by atoms with Crippen LogP contribution in [-0.4, -0.2) is 31.0 Å². The van der Waals surface area contributed by atoms with Crippen molar-refractivity contribution in [3.63, 3.8) is 0 Å². The van der Waals surface area contributed by atoms with Gasteiger partial charge in [-0.15, -0.1) is 11.3 Å². The van der Waals surface area contributed by atoms with Gasteiger partial charge in [0.05, 0.1) is 23.4 Å². The second kappa shape index (κ2) is 5.54. The van der Waals surface area contributed by atoms with Gasteiger partial charge in [-0.1, -0.05) is 6.42 Å². The zero-order chi connectivity index (χ0) is 14.1. The highest BCUT2D eigenvalue weighted by molar-refractivity contribution is 7.09. The molecule has 3 aromatic rings. The molecule has 0 unspecified atom stereocenters. The lowest BCUT2D eigenvalue weighted by molar-refractivity contribution is 0.138. The number of nitrogens with zero attached hydrogens (tertiary/aromatic N) is 5. The van der Waals surface area contributed by atoms with Crippen LogP contribution in [-0.2, 0) is 6.54 Å². The maximum Gasteiger partial charge on any atom is 0.155 e. The predicted molar refractivity (Wildman–Crippen MR) is 82.1 cm³/mol. The number of rotatable bonds is 3. The summed E-state index contributed by atoms with van der Waals surface area (Å²) in [4.78, 5) is 12.8. The maximum atomic E-state index is 4.78. The van der Waals surface area contributed by atoms with E-state index in [1.165, 1.54) is 24.1 Å². The average molecular weight is 299 g/mol. The number of thiazole rings is 1. The Kier molecular flexibility index (Phi) is 3.40. The van der Waals surface area contributed by atoms with Crippen molar-refractivity contribution in [1.29, 1.82) is 0 Å². The average Bonchev–Trinajstić information content (AvgIpc) is 3.18. The molecule has 1 fully saturated rings. The van der Waals surface area contributed by atoms with Crippen LogP contribution in [0.5, 0.6) is 0 Å². The molecule has 0 aromatic carbocycles. The quantitative estimate of drug-likeness (QED) is 0.746. The van der Waals surface area contributed by atoms with Crippen molar-refractivity contribution in [2.75, 3.05) is 6.54 Å². The molecule has 4 rings (SSSR count). The second-order valence-corrected chi connectivity index (χ2v) is 6.41. The second-order valence-electron chi connectivity index (χ2n) is 5.44. The van der Waals surface area contributed by atoms with E-state index in [0.717, 1.165) is 24.4 Å².